The summed E-state index contributed by atoms with van der Waals surface area (Å²) in [4.78, 5) is 9.36. The Morgan fingerprint density at radius 2 is 2.05 bits per heavy atom. The second kappa shape index (κ2) is 10.0. The molecule has 1 heterocycles. The maximum atomic E-state index is 4.46. The maximum absolute atomic E-state index is 4.46. The first-order valence-electron chi connectivity index (χ1n) is 8.78. The molecule has 0 spiro atoms. The summed E-state index contributed by atoms with van der Waals surface area (Å²) in [6.07, 6.45) is 3.84. The van der Waals surface area contributed by atoms with E-state index in [1.54, 1.807) is 0 Å². The Morgan fingerprint density at radius 1 is 1.33 bits per heavy atom. The molecular weight excluding hydrogens is 260 g/mol. The van der Waals surface area contributed by atoms with Gasteiger partial charge in [-0.05, 0) is 50.7 Å². The van der Waals surface area contributed by atoms with E-state index in [9.17, 15) is 0 Å². The number of nitrogens with zero attached hydrogens (tertiary/aromatic N) is 3. The lowest BCUT2D eigenvalue weighted by molar-refractivity contribution is 0.299. The fraction of sp³-hybridized carbons (Fsp3) is 0.941. The molecule has 1 aliphatic heterocycles. The summed E-state index contributed by atoms with van der Waals surface area (Å²) >= 11 is 0. The third kappa shape index (κ3) is 6.68. The third-order valence-electron chi connectivity index (χ3n) is 4.43. The lowest BCUT2D eigenvalue weighted by Gasteiger charge is -2.23. The van der Waals surface area contributed by atoms with Crippen molar-refractivity contribution in [3.05, 3.63) is 0 Å². The van der Waals surface area contributed by atoms with Crippen LogP contribution in [0.3, 0.4) is 0 Å². The van der Waals surface area contributed by atoms with Crippen molar-refractivity contribution >= 4 is 5.96 Å². The van der Waals surface area contributed by atoms with Crippen molar-refractivity contribution in [2.24, 2.45) is 16.8 Å². The van der Waals surface area contributed by atoms with Crippen molar-refractivity contribution in [1.82, 2.24) is 15.1 Å². The second-order valence-electron chi connectivity index (χ2n) is 6.58. The van der Waals surface area contributed by atoms with Crippen molar-refractivity contribution in [2.75, 3.05) is 46.3 Å². The Hall–Kier alpha value is -0.770. The van der Waals surface area contributed by atoms with E-state index in [-0.39, 0.29) is 0 Å². The molecule has 0 aromatic rings. The van der Waals surface area contributed by atoms with Gasteiger partial charge in [0, 0.05) is 26.7 Å². The second-order valence-corrected chi connectivity index (χ2v) is 6.58. The lowest BCUT2D eigenvalue weighted by atomic mass is 9.97. The van der Waals surface area contributed by atoms with Crippen molar-refractivity contribution in [2.45, 2.75) is 47.0 Å². The fourth-order valence-corrected chi connectivity index (χ4v) is 3.26. The smallest absolute Gasteiger partial charge is 0.193 e. The molecule has 1 rings (SSSR count). The molecule has 1 aliphatic rings. The van der Waals surface area contributed by atoms with Crippen LogP contribution in [-0.2, 0) is 0 Å². The first-order chi connectivity index (χ1) is 10.1. The lowest BCUT2D eigenvalue weighted by Crippen LogP contribution is -2.41. The quantitative estimate of drug-likeness (QED) is 0.424. The van der Waals surface area contributed by atoms with E-state index in [0.29, 0.717) is 0 Å². The molecule has 1 atom stereocenters. The zero-order valence-corrected chi connectivity index (χ0v) is 14.9. The summed E-state index contributed by atoms with van der Waals surface area (Å²) < 4.78 is 0. The zero-order chi connectivity index (χ0) is 15.7. The van der Waals surface area contributed by atoms with Gasteiger partial charge < -0.3 is 15.1 Å². The summed E-state index contributed by atoms with van der Waals surface area (Å²) in [6.45, 7) is 15.9. The van der Waals surface area contributed by atoms with Gasteiger partial charge in [-0.3, -0.25) is 4.99 Å². The highest BCUT2D eigenvalue weighted by Gasteiger charge is 2.25. The fourth-order valence-electron chi connectivity index (χ4n) is 3.26. The molecule has 21 heavy (non-hydrogen) atoms. The Kier molecular flexibility index (Phi) is 8.74. The SMILES string of the molecule is CCN(CC)CCCNC(=NC)N1CCC(CC(C)C)C1. The minimum atomic E-state index is 0.805. The molecule has 0 aliphatic carbocycles. The van der Waals surface area contributed by atoms with E-state index in [1.807, 2.05) is 7.05 Å². The first-order valence-corrected chi connectivity index (χ1v) is 8.78. The van der Waals surface area contributed by atoms with Crippen molar-refractivity contribution < 1.29 is 0 Å². The Morgan fingerprint density at radius 3 is 2.62 bits per heavy atom. The summed E-state index contributed by atoms with van der Waals surface area (Å²) in [7, 11) is 1.91. The van der Waals surface area contributed by atoms with Crippen LogP contribution >= 0.6 is 0 Å². The highest BCUT2D eigenvalue weighted by Crippen LogP contribution is 2.23. The van der Waals surface area contributed by atoms with Gasteiger partial charge in [0.15, 0.2) is 5.96 Å². The van der Waals surface area contributed by atoms with Gasteiger partial charge in [-0.1, -0.05) is 27.7 Å². The Bertz CT molecular complexity index is 297. The molecule has 1 unspecified atom stereocenters. The summed E-state index contributed by atoms with van der Waals surface area (Å²) in [5, 5.41) is 3.54. The molecule has 0 aromatic heterocycles. The van der Waals surface area contributed by atoms with Gasteiger partial charge in [0.25, 0.3) is 0 Å². The highest BCUT2D eigenvalue weighted by atomic mass is 15.3. The largest absolute Gasteiger partial charge is 0.356 e. The Labute approximate surface area is 132 Å². The van der Waals surface area contributed by atoms with Gasteiger partial charge in [-0.2, -0.15) is 0 Å². The average Bonchev–Trinajstić information content (AvgIpc) is 2.90. The van der Waals surface area contributed by atoms with Crippen LogP contribution in [0.15, 0.2) is 4.99 Å². The molecule has 0 bridgehead atoms. The van der Waals surface area contributed by atoms with Crippen molar-refractivity contribution in [1.29, 1.82) is 0 Å². The van der Waals surface area contributed by atoms with Crippen LogP contribution in [0.25, 0.3) is 0 Å². The molecule has 4 heteroatoms. The standard InChI is InChI=1S/C17H36N4/c1-6-20(7-2)11-8-10-19-17(18-5)21-12-9-16(14-21)13-15(3)4/h15-16H,6-14H2,1-5H3,(H,18,19). The minimum Gasteiger partial charge on any atom is -0.356 e. The van der Waals surface area contributed by atoms with E-state index in [2.05, 4.69) is 47.8 Å². The average molecular weight is 297 g/mol. The molecule has 1 saturated heterocycles. The molecule has 1 fully saturated rings. The molecule has 1 N–H and O–H groups in total. The van der Waals surface area contributed by atoms with E-state index in [4.69, 9.17) is 0 Å². The zero-order valence-electron chi connectivity index (χ0n) is 14.9. The monoisotopic (exact) mass is 296 g/mol. The van der Waals surface area contributed by atoms with Crippen LogP contribution in [0.4, 0.5) is 0 Å². The molecule has 0 saturated carbocycles. The number of nitrogens with one attached hydrogen (secondary N) is 1. The van der Waals surface area contributed by atoms with E-state index >= 15 is 0 Å². The molecule has 0 radical (unpaired) electrons. The van der Waals surface area contributed by atoms with E-state index in [0.717, 1.165) is 44.0 Å². The predicted octanol–water partition coefficient (Wildman–Crippen LogP) is 2.66. The molecule has 0 amide bonds. The van der Waals surface area contributed by atoms with Gasteiger partial charge in [-0.15, -0.1) is 0 Å². The Balaban J connectivity index is 2.26. The number of aliphatic imine (C=N–C) groups is 1. The third-order valence-corrected chi connectivity index (χ3v) is 4.43. The summed E-state index contributed by atoms with van der Waals surface area (Å²) in [5.41, 5.74) is 0. The van der Waals surface area contributed by atoms with Gasteiger partial charge in [0.05, 0.1) is 0 Å². The van der Waals surface area contributed by atoms with Gasteiger partial charge in [0.1, 0.15) is 0 Å². The maximum Gasteiger partial charge on any atom is 0.193 e. The normalized spacial score (nSPS) is 19.9. The van der Waals surface area contributed by atoms with Crippen LogP contribution < -0.4 is 5.32 Å². The molecular formula is C17H36N4. The van der Waals surface area contributed by atoms with Crippen LogP contribution in [0.2, 0.25) is 0 Å². The van der Waals surface area contributed by atoms with E-state index < -0.39 is 0 Å². The first kappa shape index (κ1) is 18.3. The number of rotatable bonds is 8. The predicted molar refractivity (Wildman–Crippen MR) is 92.9 cm³/mol. The van der Waals surface area contributed by atoms with Crippen LogP contribution in [0.5, 0.6) is 0 Å². The van der Waals surface area contributed by atoms with Crippen LogP contribution in [-0.4, -0.2) is 62.1 Å². The number of likely N-dealkylation sites (tertiary alicyclic amines) is 1. The van der Waals surface area contributed by atoms with Gasteiger partial charge in [-0.25, -0.2) is 0 Å². The highest BCUT2D eigenvalue weighted by molar-refractivity contribution is 5.80. The summed E-state index contributed by atoms with van der Waals surface area (Å²) in [5.74, 6) is 2.75. The van der Waals surface area contributed by atoms with Crippen LogP contribution in [0, 0.1) is 11.8 Å². The number of guanidine groups is 1. The van der Waals surface area contributed by atoms with Crippen molar-refractivity contribution in [3.8, 4) is 0 Å². The minimum absolute atomic E-state index is 0.805. The van der Waals surface area contributed by atoms with Gasteiger partial charge >= 0.3 is 0 Å². The number of hydrogen-bond donors (Lipinski definition) is 1. The van der Waals surface area contributed by atoms with Crippen molar-refractivity contribution in [3.63, 3.8) is 0 Å². The molecule has 4 nitrogen and oxygen atoms in total. The summed E-state index contributed by atoms with van der Waals surface area (Å²) in [6, 6.07) is 0. The number of hydrogen-bond acceptors (Lipinski definition) is 2. The molecule has 124 valence electrons. The topological polar surface area (TPSA) is 30.9 Å². The van der Waals surface area contributed by atoms with Crippen LogP contribution in [0.1, 0.15) is 47.0 Å². The van der Waals surface area contributed by atoms with Gasteiger partial charge in [0.2, 0.25) is 0 Å². The molecule has 0 aromatic carbocycles. The van der Waals surface area contributed by atoms with E-state index in [1.165, 1.54) is 32.4 Å².